The molecule has 1 aliphatic carbocycles. The first-order chi connectivity index (χ1) is 8.72. The van der Waals surface area contributed by atoms with E-state index in [9.17, 15) is 0 Å². The molecule has 2 aromatic rings. The molecule has 0 saturated heterocycles. The molecule has 3 rings (SSSR count). The molecule has 4 nitrogen and oxygen atoms in total. The third-order valence-corrected chi connectivity index (χ3v) is 3.48. The molecule has 0 spiro atoms. The number of hydrogen-bond acceptors (Lipinski definition) is 3. The van der Waals surface area contributed by atoms with Gasteiger partial charge < -0.3 is 14.3 Å². The highest BCUT2D eigenvalue weighted by Gasteiger charge is 2.20. The molecule has 0 bridgehead atoms. The Morgan fingerprint density at radius 2 is 2.28 bits per heavy atom. The number of hydrogen-bond donors (Lipinski definition) is 1. The van der Waals surface area contributed by atoms with Gasteiger partial charge in [0.05, 0.1) is 13.1 Å². The molecule has 18 heavy (non-hydrogen) atoms. The van der Waals surface area contributed by atoms with Gasteiger partial charge >= 0.3 is 0 Å². The van der Waals surface area contributed by atoms with Crippen LogP contribution in [0.5, 0.6) is 0 Å². The van der Waals surface area contributed by atoms with Gasteiger partial charge in [0.25, 0.3) is 0 Å². The molecule has 0 unspecified atom stereocenters. The molecule has 1 N–H and O–H groups in total. The van der Waals surface area contributed by atoms with Gasteiger partial charge in [-0.2, -0.15) is 0 Å². The molecule has 1 saturated carbocycles. The molecule has 96 valence electrons. The Morgan fingerprint density at radius 1 is 1.44 bits per heavy atom. The lowest BCUT2D eigenvalue weighted by atomic mass is 10.2. The van der Waals surface area contributed by atoms with Crippen LogP contribution in [-0.4, -0.2) is 15.6 Å². The van der Waals surface area contributed by atoms with Gasteiger partial charge in [-0.25, -0.2) is 4.98 Å². The fourth-order valence-corrected chi connectivity index (χ4v) is 2.12. The number of aryl methyl sites for hydroxylation is 2. The smallest absolute Gasteiger partial charge is 0.118 e. The van der Waals surface area contributed by atoms with Crippen molar-refractivity contribution in [3.05, 3.63) is 41.4 Å². The van der Waals surface area contributed by atoms with Crippen molar-refractivity contribution >= 4 is 0 Å². The number of rotatable bonds is 5. The summed E-state index contributed by atoms with van der Waals surface area (Å²) >= 11 is 0. The Balaban J connectivity index is 1.69. The van der Waals surface area contributed by atoms with E-state index in [0.717, 1.165) is 36.5 Å². The normalized spacial score (nSPS) is 15.2. The van der Waals surface area contributed by atoms with Crippen molar-refractivity contribution in [3.8, 4) is 0 Å². The van der Waals surface area contributed by atoms with Crippen LogP contribution >= 0.6 is 0 Å². The van der Waals surface area contributed by atoms with E-state index in [1.165, 1.54) is 18.4 Å². The van der Waals surface area contributed by atoms with Crippen molar-refractivity contribution in [3.63, 3.8) is 0 Å². The first-order valence-electron chi connectivity index (χ1n) is 6.51. The van der Waals surface area contributed by atoms with Crippen molar-refractivity contribution in [2.24, 2.45) is 0 Å². The van der Waals surface area contributed by atoms with Crippen molar-refractivity contribution in [2.75, 3.05) is 0 Å². The van der Waals surface area contributed by atoms with Crippen LogP contribution in [0.4, 0.5) is 0 Å². The van der Waals surface area contributed by atoms with Crippen LogP contribution in [-0.2, 0) is 13.1 Å². The fourth-order valence-electron chi connectivity index (χ4n) is 2.12. The molecule has 1 aliphatic rings. The lowest BCUT2D eigenvalue weighted by Gasteiger charge is -2.02. The Kier molecular flexibility index (Phi) is 2.96. The largest absolute Gasteiger partial charge is 0.465 e. The van der Waals surface area contributed by atoms with Crippen LogP contribution in [0.3, 0.4) is 0 Å². The molecule has 0 atom stereocenters. The summed E-state index contributed by atoms with van der Waals surface area (Å²) in [5.41, 5.74) is 1.24. The zero-order valence-corrected chi connectivity index (χ0v) is 10.9. The van der Waals surface area contributed by atoms with E-state index in [0.29, 0.717) is 0 Å². The van der Waals surface area contributed by atoms with Gasteiger partial charge in [0, 0.05) is 24.0 Å². The fraction of sp³-hybridized carbons (Fsp3) is 0.500. The van der Waals surface area contributed by atoms with Crippen molar-refractivity contribution in [1.82, 2.24) is 14.9 Å². The molecular weight excluding hydrogens is 226 g/mol. The predicted octanol–water partition coefficient (Wildman–Crippen LogP) is 2.39. The van der Waals surface area contributed by atoms with E-state index in [2.05, 4.69) is 20.9 Å². The van der Waals surface area contributed by atoms with Crippen LogP contribution in [0, 0.1) is 13.8 Å². The second kappa shape index (κ2) is 4.61. The van der Waals surface area contributed by atoms with Crippen molar-refractivity contribution < 1.29 is 4.42 Å². The van der Waals surface area contributed by atoms with Crippen LogP contribution < -0.4 is 5.32 Å². The topological polar surface area (TPSA) is 43.0 Å². The number of nitrogens with zero attached hydrogens (tertiary/aromatic N) is 2. The molecule has 1 fully saturated rings. The summed E-state index contributed by atoms with van der Waals surface area (Å²) in [4.78, 5) is 4.24. The second-order valence-electron chi connectivity index (χ2n) is 5.05. The summed E-state index contributed by atoms with van der Waals surface area (Å²) < 4.78 is 7.92. The van der Waals surface area contributed by atoms with Gasteiger partial charge in [0.15, 0.2) is 0 Å². The van der Waals surface area contributed by atoms with Gasteiger partial charge in [-0.15, -0.1) is 0 Å². The number of aromatic nitrogens is 2. The van der Waals surface area contributed by atoms with Crippen LogP contribution in [0.1, 0.15) is 35.7 Å². The lowest BCUT2D eigenvalue weighted by Crippen LogP contribution is -2.14. The minimum Gasteiger partial charge on any atom is -0.465 e. The van der Waals surface area contributed by atoms with Crippen molar-refractivity contribution in [2.45, 2.75) is 45.8 Å². The monoisotopic (exact) mass is 245 g/mol. The summed E-state index contributed by atoms with van der Waals surface area (Å²) in [5.74, 6) is 3.08. The van der Waals surface area contributed by atoms with Gasteiger partial charge in [0.1, 0.15) is 17.3 Å². The van der Waals surface area contributed by atoms with E-state index >= 15 is 0 Å². The van der Waals surface area contributed by atoms with E-state index < -0.39 is 0 Å². The zero-order valence-electron chi connectivity index (χ0n) is 10.9. The molecule has 0 radical (unpaired) electrons. The number of imidazole rings is 1. The highest BCUT2D eigenvalue weighted by Crippen LogP contribution is 2.21. The minimum atomic E-state index is 0.717. The van der Waals surface area contributed by atoms with Gasteiger partial charge in [-0.3, -0.25) is 0 Å². The Hall–Kier alpha value is -1.55. The average Bonchev–Trinajstić information content (AvgIpc) is 3.00. The summed E-state index contributed by atoms with van der Waals surface area (Å²) in [7, 11) is 0. The van der Waals surface area contributed by atoms with Gasteiger partial charge in [-0.05, 0) is 32.8 Å². The Bertz CT molecular complexity index is 537. The minimum absolute atomic E-state index is 0.717. The quantitative estimate of drug-likeness (QED) is 0.879. The maximum Gasteiger partial charge on any atom is 0.118 e. The van der Waals surface area contributed by atoms with E-state index in [4.69, 9.17) is 4.42 Å². The Morgan fingerprint density at radius 3 is 2.94 bits per heavy atom. The summed E-state index contributed by atoms with van der Waals surface area (Å²) in [6.45, 7) is 5.73. The van der Waals surface area contributed by atoms with E-state index in [-0.39, 0.29) is 0 Å². The molecule has 4 heteroatoms. The van der Waals surface area contributed by atoms with Crippen LogP contribution in [0.2, 0.25) is 0 Å². The molecular formula is C14H19N3O. The maximum absolute atomic E-state index is 5.79. The standard InChI is InChI=1S/C14H19N3O/c1-10-12(9-17-6-5-15-11(17)2)7-14(18-10)8-16-13-3-4-13/h5-7,13,16H,3-4,8-9H2,1-2H3. The van der Waals surface area contributed by atoms with E-state index in [1.807, 2.05) is 26.2 Å². The first kappa shape index (κ1) is 11.5. The average molecular weight is 245 g/mol. The molecule has 0 aliphatic heterocycles. The zero-order chi connectivity index (χ0) is 12.5. The first-order valence-corrected chi connectivity index (χ1v) is 6.51. The molecule has 2 heterocycles. The summed E-state index contributed by atoms with van der Waals surface area (Å²) in [5, 5.41) is 3.47. The molecule has 0 amide bonds. The number of furan rings is 1. The maximum atomic E-state index is 5.79. The Labute approximate surface area is 107 Å². The highest BCUT2D eigenvalue weighted by molar-refractivity contribution is 5.21. The van der Waals surface area contributed by atoms with Crippen LogP contribution in [0.25, 0.3) is 0 Å². The van der Waals surface area contributed by atoms with Gasteiger partial charge in [0.2, 0.25) is 0 Å². The molecule has 0 aromatic carbocycles. The SMILES string of the molecule is Cc1oc(CNC2CC2)cc1Cn1ccnc1C. The van der Waals surface area contributed by atoms with Crippen molar-refractivity contribution in [1.29, 1.82) is 0 Å². The van der Waals surface area contributed by atoms with E-state index in [1.54, 1.807) is 0 Å². The van der Waals surface area contributed by atoms with Crippen LogP contribution in [0.15, 0.2) is 22.9 Å². The molecule has 2 aromatic heterocycles. The lowest BCUT2D eigenvalue weighted by molar-refractivity contribution is 0.458. The number of nitrogens with one attached hydrogen (secondary N) is 1. The third-order valence-electron chi connectivity index (χ3n) is 3.48. The predicted molar refractivity (Wildman–Crippen MR) is 69.4 cm³/mol. The summed E-state index contributed by atoms with van der Waals surface area (Å²) in [6, 6.07) is 2.87. The van der Waals surface area contributed by atoms with Gasteiger partial charge in [-0.1, -0.05) is 0 Å². The second-order valence-corrected chi connectivity index (χ2v) is 5.05. The highest BCUT2D eigenvalue weighted by atomic mass is 16.3. The third kappa shape index (κ3) is 2.48. The summed E-state index contributed by atoms with van der Waals surface area (Å²) in [6.07, 6.45) is 6.45.